The fourth-order valence-corrected chi connectivity index (χ4v) is 4.07. The molecule has 8 nitrogen and oxygen atoms in total. The van der Waals surface area contributed by atoms with Gasteiger partial charge in [-0.1, -0.05) is 29.8 Å². The Morgan fingerprint density at radius 3 is 2.61 bits per heavy atom. The second kappa shape index (κ2) is 8.39. The molecule has 1 atom stereocenters. The fourth-order valence-electron chi connectivity index (χ4n) is 3.87. The zero-order valence-corrected chi connectivity index (χ0v) is 17.8. The van der Waals surface area contributed by atoms with Gasteiger partial charge >= 0.3 is 0 Å². The van der Waals surface area contributed by atoms with Crippen LogP contribution in [0.2, 0.25) is 5.15 Å². The molecule has 3 aromatic rings. The summed E-state index contributed by atoms with van der Waals surface area (Å²) in [7, 11) is 1.46. The highest BCUT2D eigenvalue weighted by molar-refractivity contribution is 6.46. The van der Waals surface area contributed by atoms with E-state index in [1.54, 1.807) is 17.0 Å². The zero-order valence-electron chi connectivity index (χ0n) is 17.1. The molecule has 1 unspecified atom stereocenters. The second-order valence-corrected chi connectivity index (χ2v) is 7.72. The highest BCUT2D eigenvalue weighted by Crippen LogP contribution is 2.32. The van der Waals surface area contributed by atoms with E-state index >= 15 is 0 Å². The van der Waals surface area contributed by atoms with Crippen LogP contribution < -0.4 is 4.74 Å². The molecule has 1 aromatic carbocycles. The number of ketones is 1. The molecule has 1 N–H and O–H groups in total. The van der Waals surface area contributed by atoms with E-state index in [0.717, 1.165) is 0 Å². The molecule has 1 aliphatic heterocycles. The molecule has 1 fully saturated rings. The first-order chi connectivity index (χ1) is 14.9. The lowest BCUT2D eigenvalue weighted by Crippen LogP contribution is -2.56. The molecule has 0 radical (unpaired) electrons. The van der Waals surface area contributed by atoms with E-state index in [1.165, 1.54) is 24.4 Å². The highest BCUT2D eigenvalue weighted by atomic mass is 35.5. The predicted molar refractivity (Wildman–Crippen MR) is 116 cm³/mol. The predicted octanol–water partition coefficient (Wildman–Crippen LogP) is 2.78. The Labute approximate surface area is 183 Å². The topological polar surface area (TPSA) is 95.6 Å². The molecule has 4 rings (SSSR count). The van der Waals surface area contributed by atoms with Crippen LogP contribution in [0.15, 0.2) is 42.7 Å². The number of fused-ring (bicyclic) bond motifs is 1. The van der Waals surface area contributed by atoms with Gasteiger partial charge in [0, 0.05) is 37.4 Å². The number of Topliss-reactive ketones (excluding diaryl/α,β-unsaturated/α-hetero) is 1. The van der Waals surface area contributed by atoms with Crippen molar-refractivity contribution in [1.29, 1.82) is 0 Å². The number of methoxy groups -OCH3 is 1. The number of nitrogens with one attached hydrogen (secondary N) is 1. The summed E-state index contributed by atoms with van der Waals surface area (Å²) < 4.78 is 5.30. The van der Waals surface area contributed by atoms with E-state index in [4.69, 9.17) is 16.3 Å². The zero-order chi connectivity index (χ0) is 22.1. The van der Waals surface area contributed by atoms with Gasteiger partial charge in [0.2, 0.25) is 0 Å². The summed E-state index contributed by atoms with van der Waals surface area (Å²) in [5.41, 5.74) is 1.21. The number of nitrogens with zero attached hydrogens (tertiary/aromatic N) is 3. The number of amides is 2. The van der Waals surface area contributed by atoms with Crippen LogP contribution in [0.3, 0.4) is 0 Å². The van der Waals surface area contributed by atoms with E-state index in [0.29, 0.717) is 35.3 Å². The SMILES string of the molecule is COc1cnc(Cl)c2[nH]cc(C(=O)C(=O)N3CCN(C(=O)c4ccccc4)CC3C)c12. The Kier molecular flexibility index (Phi) is 5.65. The number of halogens is 1. The lowest BCUT2D eigenvalue weighted by Gasteiger charge is -2.39. The van der Waals surface area contributed by atoms with Gasteiger partial charge in [-0.3, -0.25) is 14.4 Å². The van der Waals surface area contributed by atoms with Crippen LogP contribution in [0.1, 0.15) is 27.6 Å². The van der Waals surface area contributed by atoms with Crippen LogP contribution in [-0.2, 0) is 4.79 Å². The Hall–Kier alpha value is -3.39. The highest BCUT2D eigenvalue weighted by Gasteiger charge is 2.34. The third-order valence-electron chi connectivity index (χ3n) is 5.48. The molecule has 31 heavy (non-hydrogen) atoms. The quantitative estimate of drug-likeness (QED) is 0.382. The van der Waals surface area contributed by atoms with Crippen LogP contribution in [0.25, 0.3) is 10.9 Å². The first-order valence-corrected chi connectivity index (χ1v) is 10.2. The van der Waals surface area contributed by atoms with Gasteiger partial charge in [0.05, 0.1) is 29.8 Å². The van der Waals surface area contributed by atoms with Gasteiger partial charge in [-0.05, 0) is 19.1 Å². The van der Waals surface area contributed by atoms with Crippen molar-refractivity contribution in [2.75, 3.05) is 26.7 Å². The van der Waals surface area contributed by atoms with E-state index in [1.807, 2.05) is 25.1 Å². The molecule has 1 aliphatic rings. The van der Waals surface area contributed by atoms with E-state index in [2.05, 4.69) is 9.97 Å². The number of benzene rings is 1. The average Bonchev–Trinajstić information content (AvgIpc) is 3.24. The number of ether oxygens (including phenoxy) is 1. The molecular formula is C22H21ClN4O4. The monoisotopic (exact) mass is 440 g/mol. The molecule has 0 saturated carbocycles. The van der Waals surface area contributed by atoms with E-state index < -0.39 is 11.7 Å². The maximum atomic E-state index is 13.1. The summed E-state index contributed by atoms with van der Waals surface area (Å²) in [6.07, 6.45) is 2.86. The summed E-state index contributed by atoms with van der Waals surface area (Å²) in [5, 5.41) is 0.607. The van der Waals surface area contributed by atoms with Crippen LogP contribution in [0.5, 0.6) is 5.75 Å². The molecule has 9 heteroatoms. The Balaban J connectivity index is 1.53. The fraction of sp³-hybridized carbons (Fsp3) is 0.273. The summed E-state index contributed by atoms with van der Waals surface area (Å²) in [5.74, 6) is -1.03. The maximum Gasteiger partial charge on any atom is 0.295 e. The number of carbonyl (C=O) groups excluding carboxylic acids is 3. The van der Waals surface area contributed by atoms with E-state index in [9.17, 15) is 14.4 Å². The number of carbonyl (C=O) groups is 3. The molecule has 0 bridgehead atoms. The largest absolute Gasteiger partial charge is 0.494 e. The number of H-pyrrole nitrogens is 1. The Morgan fingerprint density at radius 1 is 1.19 bits per heavy atom. The van der Waals surface area contributed by atoms with Crippen molar-refractivity contribution in [1.82, 2.24) is 19.8 Å². The van der Waals surface area contributed by atoms with Gasteiger partial charge in [0.15, 0.2) is 5.15 Å². The third-order valence-corrected chi connectivity index (χ3v) is 5.77. The smallest absolute Gasteiger partial charge is 0.295 e. The van der Waals surface area contributed by atoms with Crippen molar-refractivity contribution in [2.24, 2.45) is 0 Å². The Bertz CT molecular complexity index is 1160. The number of hydrogen-bond donors (Lipinski definition) is 1. The average molecular weight is 441 g/mol. The van der Waals surface area contributed by atoms with Crippen molar-refractivity contribution >= 4 is 40.1 Å². The van der Waals surface area contributed by atoms with Crippen molar-refractivity contribution in [3.8, 4) is 5.75 Å². The lowest BCUT2D eigenvalue weighted by molar-refractivity contribution is -0.130. The molecule has 2 aromatic heterocycles. The van der Waals surface area contributed by atoms with Crippen molar-refractivity contribution in [3.63, 3.8) is 0 Å². The number of aromatic amines is 1. The minimum Gasteiger partial charge on any atom is -0.494 e. The Morgan fingerprint density at radius 2 is 1.94 bits per heavy atom. The van der Waals surface area contributed by atoms with Gasteiger partial charge in [-0.15, -0.1) is 0 Å². The van der Waals surface area contributed by atoms with Gasteiger partial charge in [-0.25, -0.2) is 4.98 Å². The summed E-state index contributed by atoms with van der Waals surface area (Å²) in [4.78, 5) is 49.0. The first-order valence-electron chi connectivity index (χ1n) is 9.81. The number of rotatable bonds is 4. The molecule has 1 saturated heterocycles. The molecule has 2 amide bonds. The molecule has 0 spiro atoms. The van der Waals surface area contributed by atoms with Gasteiger partial charge in [-0.2, -0.15) is 0 Å². The van der Waals surface area contributed by atoms with Crippen LogP contribution in [0.4, 0.5) is 0 Å². The summed E-state index contributed by atoms with van der Waals surface area (Å²) in [6, 6.07) is 8.69. The number of piperazine rings is 1. The van der Waals surface area contributed by atoms with E-state index in [-0.39, 0.29) is 29.2 Å². The lowest BCUT2D eigenvalue weighted by atomic mass is 10.1. The second-order valence-electron chi connectivity index (χ2n) is 7.36. The summed E-state index contributed by atoms with van der Waals surface area (Å²) >= 11 is 6.11. The van der Waals surface area contributed by atoms with Crippen LogP contribution in [0, 0.1) is 0 Å². The van der Waals surface area contributed by atoms with Crippen LogP contribution in [-0.4, -0.2) is 70.2 Å². The first kappa shape index (κ1) is 20.9. The van der Waals surface area contributed by atoms with Crippen molar-refractivity contribution in [2.45, 2.75) is 13.0 Å². The van der Waals surface area contributed by atoms with Crippen LogP contribution >= 0.6 is 11.6 Å². The normalized spacial score (nSPS) is 16.4. The minimum absolute atomic E-state index is 0.0885. The molecule has 0 aliphatic carbocycles. The van der Waals surface area contributed by atoms with Crippen molar-refractivity contribution < 1.29 is 19.1 Å². The number of aromatic nitrogens is 2. The van der Waals surface area contributed by atoms with Gasteiger partial charge in [0.1, 0.15) is 5.75 Å². The molecule has 3 heterocycles. The van der Waals surface area contributed by atoms with Gasteiger partial charge in [0.25, 0.3) is 17.6 Å². The van der Waals surface area contributed by atoms with Crippen molar-refractivity contribution in [3.05, 3.63) is 59.0 Å². The molecular weight excluding hydrogens is 420 g/mol. The number of hydrogen-bond acceptors (Lipinski definition) is 5. The molecule has 160 valence electrons. The van der Waals surface area contributed by atoms with Gasteiger partial charge < -0.3 is 19.5 Å². The maximum absolute atomic E-state index is 13.1. The summed E-state index contributed by atoms with van der Waals surface area (Å²) in [6.45, 7) is 2.79. The minimum atomic E-state index is -0.665. The number of pyridine rings is 1. The third kappa shape index (κ3) is 3.74. The standard InChI is InChI=1S/C22H21ClN4O4/c1-13-12-26(21(29)14-6-4-3-5-7-14)8-9-27(13)22(30)19(28)15-10-24-18-17(15)16(31-2)11-25-20(18)23/h3-7,10-11,13,24H,8-9,12H2,1-2H3.